The molecule has 31 heavy (non-hydrogen) atoms. The maximum atomic E-state index is 12.9. The van der Waals surface area contributed by atoms with Crippen LogP contribution in [-0.2, 0) is 12.6 Å². The molecule has 0 aliphatic carbocycles. The van der Waals surface area contributed by atoms with E-state index in [1.54, 1.807) is 0 Å². The molecule has 2 aromatic carbocycles. The molecule has 2 aromatic rings. The molecular weight excluding hydrogens is 421 g/mol. The van der Waals surface area contributed by atoms with Gasteiger partial charge in [0.05, 0.1) is 5.56 Å². The molecule has 1 heterocycles. The first-order valence-corrected chi connectivity index (χ1v) is 11.8. The Kier molecular flexibility index (Phi) is 8.69. The van der Waals surface area contributed by atoms with Gasteiger partial charge in [0.25, 0.3) is 0 Å². The van der Waals surface area contributed by atoms with Gasteiger partial charge in [-0.2, -0.15) is 24.9 Å². The van der Waals surface area contributed by atoms with Crippen LogP contribution in [0.4, 0.5) is 13.2 Å². The van der Waals surface area contributed by atoms with Crippen molar-refractivity contribution in [1.29, 1.82) is 0 Å². The molecule has 0 amide bonds. The third-order valence-electron chi connectivity index (χ3n) is 5.47. The number of thioether (sulfide) groups is 1. The van der Waals surface area contributed by atoms with Crippen LogP contribution in [0.2, 0.25) is 0 Å². The molecule has 3 nitrogen and oxygen atoms in total. The van der Waals surface area contributed by atoms with E-state index in [1.807, 2.05) is 42.9 Å². The zero-order valence-electron chi connectivity index (χ0n) is 18.2. The fourth-order valence-corrected chi connectivity index (χ4v) is 4.55. The Morgan fingerprint density at radius 3 is 2.23 bits per heavy atom. The van der Waals surface area contributed by atoms with E-state index >= 15 is 0 Å². The minimum atomic E-state index is -4.33. The average Bonchev–Trinajstić information content (AvgIpc) is 2.76. The molecule has 1 saturated heterocycles. The van der Waals surface area contributed by atoms with Crippen LogP contribution in [0.15, 0.2) is 48.5 Å². The van der Waals surface area contributed by atoms with Gasteiger partial charge in [0, 0.05) is 44.1 Å². The average molecular weight is 453 g/mol. The Labute approximate surface area is 187 Å². The number of benzene rings is 2. The van der Waals surface area contributed by atoms with Crippen molar-refractivity contribution in [1.82, 2.24) is 9.80 Å². The van der Waals surface area contributed by atoms with Gasteiger partial charge in [-0.15, -0.1) is 0 Å². The SMILES string of the molecule is CN(C)CCC(Oc1ccc(CCN2CCSCC2)cc1)c1ccc(C(F)(F)F)cc1. The lowest BCUT2D eigenvalue weighted by Gasteiger charge is -2.26. The smallest absolute Gasteiger partial charge is 0.416 e. The summed E-state index contributed by atoms with van der Waals surface area (Å²) in [6.07, 6.45) is -2.94. The number of halogens is 3. The van der Waals surface area contributed by atoms with Gasteiger partial charge in [-0.25, -0.2) is 0 Å². The summed E-state index contributed by atoms with van der Waals surface area (Å²) in [6, 6.07) is 13.4. The van der Waals surface area contributed by atoms with E-state index in [-0.39, 0.29) is 6.10 Å². The van der Waals surface area contributed by atoms with E-state index < -0.39 is 11.7 Å². The van der Waals surface area contributed by atoms with E-state index in [4.69, 9.17) is 4.74 Å². The summed E-state index contributed by atoms with van der Waals surface area (Å²) in [5.74, 6) is 3.16. The highest BCUT2D eigenvalue weighted by Gasteiger charge is 2.30. The fraction of sp³-hybridized carbons (Fsp3) is 0.500. The lowest BCUT2D eigenvalue weighted by atomic mass is 10.0. The molecule has 1 fully saturated rings. The summed E-state index contributed by atoms with van der Waals surface area (Å²) >= 11 is 2.02. The Morgan fingerprint density at radius 1 is 1.00 bits per heavy atom. The van der Waals surface area contributed by atoms with Gasteiger partial charge in [-0.1, -0.05) is 24.3 Å². The summed E-state index contributed by atoms with van der Waals surface area (Å²) in [5, 5.41) is 0. The minimum absolute atomic E-state index is 0.304. The largest absolute Gasteiger partial charge is 0.486 e. The first-order chi connectivity index (χ1) is 14.8. The summed E-state index contributed by atoms with van der Waals surface area (Å²) in [5.41, 5.74) is 1.38. The molecule has 0 radical (unpaired) electrons. The quantitative estimate of drug-likeness (QED) is 0.508. The normalized spacial score (nSPS) is 16.5. The maximum Gasteiger partial charge on any atom is 0.416 e. The van der Waals surface area contributed by atoms with E-state index in [2.05, 4.69) is 17.0 Å². The maximum absolute atomic E-state index is 12.9. The van der Waals surface area contributed by atoms with Crippen LogP contribution in [0, 0.1) is 0 Å². The van der Waals surface area contributed by atoms with Crippen molar-refractivity contribution in [3.8, 4) is 5.75 Å². The first kappa shape index (κ1) is 24.0. The Hall–Kier alpha value is -1.70. The molecule has 0 aromatic heterocycles. The van der Waals surface area contributed by atoms with Gasteiger partial charge >= 0.3 is 6.18 Å². The second-order valence-corrected chi connectivity index (χ2v) is 9.39. The summed E-state index contributed by atoms with van der Waals surface area (Å²) in [4.78, 5) is 4.55. The number of rotatable bonds is 9. The van der Waals surface area contributed by atoms with Crippen LogP contribution in [-0.4, -0.2) is 61.6 Å². The predicted molar refractivity (Wildman–Crippen MR) is 122 cm³/mol. The van der Waals surface area contributed by atoms with E-state index in [1.165, 1.54) is 29.2 Å². The van der Waals surface area contributed by atoms with Crippen molar-refractivity contribution in [2.24, 2.45) is 0 Å². The molecule has 1 unspecified atom stereocenters. The number of alkyl halides is 3. The number of ether oxygens (including phenoxy) is 1. The van der Waals surface area contributed by atoms with Crippen molar-refractivity contribution >= 4 is 11.8 Å². The second kappa shape index (κ2) is 11.2. The third-order valence-corrected chi connectivity index (χ3v) is 6.41. The van der Waals surface area contributed by atoms with Gasteiger partial charge in [0.15, 0.2) is 0 Å². The topological polar surface area (TPSA) is 15.7 Å². The van der Waals surface area contributed by atoms with Crippen molar-refractivity contribution < 1.29 is 17.9 Å². The van der Waals surface area contributed by atoms with E-state index in [9.17, 15) is 13.2 Å². The molecule has 1 atom stereocenters. The Morgan fingerprint density at radius 2 is 1.65 bits per heavy atom. The molecular formula is C24H31F3N2OS. The van der Waals surface area contributed by atoms with Crippen molar-refractivity contribution in [3.63, 3.8) is 0 Å². The highest BCUT2D eigenvalue weighted by molar-refractivity contribution is 7.99. The van der Waals surface area contributed by atoms with Crippen molar-refractivity contribution in [2.45, 2.75) is 25.1 Å². The molecule has 0 bridgehead atoms. The van der Waals surface area contributed by atoms with Crippen LogP contribution in [0.25, 0.3) is 0 Å². The fourth-order valence-electron chi connectivity index (χ4n) is 3.57. The Balaban J connectivity index is 1.63. The lowest BCUT2D eigenvalue weighted by Crippen LogP contribution is -2.34. The molecule has 0 saturated carbocycles. The molecule has 7 heteroatoms. The highest BCUT2D eigenvalue weighted by atomic mass is 32.2. The van der Waals surface area contributed by atoms with Crippen molar-refractivity contribution in [3.05, 3.63) is 65.2 Å². The van der Waals surface area contributed by atoms with Gasteiger partial charge in [-0.05, 0) is 55.9 Å². The number of hydrogen-bond donors (Lipinski definition) is 0. The minimum Gasteiger partial charge on any atom is -0.486 e. The lowest BCUT2D eigenvalue weighted by molar-refractivity contribution is -0.137. The third kappa shape index (κ3) is 7.74. The second-order valence-electron chi connectivity index (χ2n) is 8.17. The molecule has 170 valence electrons. The van der Waals surface area contributed by atoms with Crippen LogP contribution >= 0.6 is 11.8 Å². The van der Waals surface area contributed by atoms with Gasteiger partial charge in [0.2, 0.25) is 0 Å². The van der Waals surface area contributed by atoms with Gasteiger partial charge in [-0.3, -0.25) is 0 Å². The monoisotopic (exact) mass is 452 g/mol. The standard InChI is InChI=1S/C24H31F3N2OS/c1-28(2)13-12-23(20-5-7-21(8-6-20)24(25,26)27)30-22-9-3-19(4-10-22)11-14-29-15-17-31-18-16-29/h3-10,23H,11-18H2,1-2H3. The number of hydrogen-bond acceptors (Lipinski definition) is 4. The molecule has 1 aliphatic heterocycles. The summed E-state index contributed by atoms with van der Waals surface area (Å²) in [7, 11) is 3.94. The molecule has 0 N–H and O–H groups in total. The molecule has 0 spiro atoms. The predicted octanol–water partition coefficient (Wildman–Crippen LogP) is 5.37. The number of nitrogens with zero attached hydrogens (tertiary/aromatic N) is 2. The zero-order valence-corrected chi connectivity index (χ0v) is 19.0. The van der Waals surface area contributed by atoms with E-state index in [0.717, 1.165) is 56.0 Å². The highest BCUT2D eigenvalue weighted by Crippen LogP contribution is 2.31. The molecule has 1 aliphatic rings. The first-order valence-electron chi connectivity index (χ1n) is 10.7. The van der Waals surface area contributed by atoms with Crippen molar-refractivity contribution in [2.75, 3.05) is 51.8 Å². The summed E-state index contributed by atoms with van der Waals surface area (Å²) in [6.45, 7) is 4.16. The van der Waals surface area contributed by atoms with Crippen LogP contribution < -0.4 is 4.74 Å². The van der Waals surface area contributed by atoms with Crippen LogP contribution in [0.5, 0.6) is 5.75 Å². The van der Waals surface area contributed by atoms with Gasteiger partial charge in [0.1, 0.15) is 11.9 Å². The van der Waals surface area contributed by atoms with Crippen LogP contribution in [0.1, 0.15) is 29.2 Å². The van der Waals surface area contributed by atoms with Crippen LogP contribution in [0.3, 0.4) is 0 Å². The van der Waals surface area contributed by atoms with E-state index in [0.29, 0.717) is 6.42 Å². The summed E-state index contributed by atoms with van der Waals surface area (Å²) < 4.78 is 44.9. The molecule has 3 rings (SSSR count). The Bertz CT molecular complexity index is 788. The zero-order chi connectivity index (χ0) is 22.3. The van der Waals surface area contributed by atoms with Gasteiger partial charge < -0.3 is 14.5 Å².